The first-order chi connectivity index (χ1) is 12.1. The summed E-state index contributed by atoms with van der Waals surface area (Å²) in [5.74, 6) is -0.378. The van der Waals surface area contributed by atoms with Crippen LogP contribution in [-0.2, 0) is 9.59 Å². The van der Waals surface area contributed by atoms with Gasteiger partial charge in [0.1, 0.15) is 0 Å². The van der Waals surface area contributed by atoms with Crippen LogP contribution in [0.2, 0.25) is 0 Å². The highest BCUT2D eigenvalue weighted by atomic mass is 32.2. The van der Waals surface area contributed by atoms with E-state index in [4.69, 9.17) is 0 Å². The van der Waals surface area contributed by atoms with Gasteiger partial charge in [0.2, 0.25) is 5.91 Å². The third kappa shape index (κ3) is 5.06. The van der Waals surface area contributed by atoms with Crippen LogP contribution in [-0.4, -0.2) is 46.5 Å². The van der Waals surface area contributed by atoms with Gasteiger partial charge in [-0.3, -0.25) is 19.3 Å². The van der Waals surface area contributed by atoms with Gasteiger partial charge in [0.05, 0.1) is 4.91 Å². The fourth-order valence-corrected chi connectivity index (χ4v) is 3.28. The van der Waals surface area contributed by atoms with Gasteiger partial charge in [0.15, 0.2) is 0 Å². The number of amides is 3. The molecular weight excluding hydrogens is 336 g/mol. The van der Waals surface area contributed by atoms with Crippen molar-refractivity contribution in [2.24, 2.45) is 0 Å². The molecule has 0 N–H and O–H groups in total. The van der Waals surface area contributed by atoms with Crippen LogP contribution in [0.25, 0.3) is 6.08 Å². The van der Waals surface area contributed by atoms with Gasteiger partial charge in [-0.05, 0) is 37.2 Å². The predicted octanol–water partition coefficient (Wildman–Crippen LogP) is 3.54. The van der Waals surface area contributed by atoms with Crippen molar-refractivity contribution in [1.29, 1.82) is 0 Å². The first-order valence-electron chi connectivity index (χ1n) is 8.31. The second-order valence-corrected chi connectivity index (χ2v) is 6.43. The average Bonchev–Trinajstić information content (AvgIpc) is 2.89. The van der Waals surface area contributed by atoms with E-state index >= 15 is 0 Å². The molecule has 0 aliphatic carbocycles. The molecule has 1 aliphatic rings. The molecule has 3 amide bonds. The highest BCUT2D eigenvalue weighted by Gasteiger charge is 2.34. The maximum Gasteiger partial charge on any atom is 0.293 e. The van der Waals surface area contributed by atoms with E-state index in [-0.39, 0.29) is 30.0 Å². The van der Waals surface area contributed by atoms with Gasteiger partial charge < -0.3 is 4.90 Å². The van der Waals surface area contributed by atoms with E-state index in [0.29, 0.717) is 18.0 Å². The summed E-state index contributed by atoms with van der Waals surface area (Å²) in [5, 5.41) is -0.322. The van der Waals surface area contributed by atoms with Crippen LogP contribution in [0.15, 0.2) is 47.4 Å². The molecule has 1 aromatic rings. The summed E-state index contributed by atoms with van der Waals surface area (Å²) in [6, 6.07) is 9.70. The van der Waals surface area contributed by atoms with Crippen molar-refractivity contribution in [3.8, 4) is 0 Å². The fraction of sp³-hybridized carbons (Fsp3) is 0.316. The molecule has 1 saturated heterocycles. The number of benzene rings is 1. The molecule has 25 heavy (non-hydrogen) atoms. The number of imide groups is 1. The van der Waals surface area contributed by atoms with Crippen molar-refractivity contribution in [3.05, 3.63) is 53.0 Å². The van der Waals surface area contributed by atoms with Crippen LogP contribution >= 0.6 is 11.8 Å². The predicted molar refractivity (Wildman–Crippen MR) is 101 cm³/mol. The highest BCUT2D eigenvalue weighted by molar-refractivity contribution is 8.18. The van der Waals surface area contributed by atoms with E-state index < -0.39 is 0 Å². The van der Waals surface area contributed by atoms with Gasteiger partial charge in [0, 0.05) is 26.1 Å². The summed E-state index contributed by atoms with van der Waals surface area (Å²) in [6.45, 7) is 5.19. The molecule has 0 bridgehead atoms. The second-order valence-electron chi connectivity index (χ2n) is 5.44. The zero-order chi connectivity index (χ0) is 18.2. The molecule has 0 spiro atoms. The summed E-state index contributed by atoms with van der Waals surface area (Å²) in [7, 11) is 0. The van der Waals surface area contributed by atoms with E-state index in [1.165, 1.54) is 0 Å². The lowest BCUT2D eigenvalue weighted by atomic mass is 10.2. The third-order valence-electron chi connectivity index (χ3n) is 3.87. The normalized spacial score (nSPS) is 16.2. The third-order valence-corrected chi connectivity index (χ3v) is 4.80. The van der Waals surface area contributed by atoms with Gasteiger partial charge in [-0.2, -0.15) is 0 Å². The van der Waals surface area contributed by atoms with Crippen LogP contribution in [0.4, 0.5) is 4.79 Å². The van der Waals surface area contributed by atoms with E-state index in [1.54, 1.807) is 17.1 Å². The van der Waals surface area contributed by atoms with Crippen LogP contribution in [0, 0.1) is 0 Å². The summed E-state index contributed by atoms with van der Waals surface area (Å²) in [5.41, 5.74) is 1.02. The molecule has 0 unspecified atom stereocenters. The summed E-state index contributed by atoms with van der Waals surface area (Å²) < 4.78 is 0. The number of carbonyl (C=O) groups excluding carboxylic acids is 3. The maximum atomic E-state index is 12.3. The van der Waals surface area contributed by atoms with Crippen molar-refractivity contribution < 1.29 is 14.4 Å². The van der Waals surface area contributed by atoms with E-state index in [9.17, 15) is 14.4 Å². The quantitative estimate of drug-likeness (QED) is 0.700. The lowest BCUT2D eigenvalue weighted by Gasteiger charge is -2.20. The Hall–Kier alpha value is -2.34. The van der Waals surface area contributed by atoms with Crippen molar-refractivity contribution >= 4 is 34.9 Å². The number of hydrogen-bond donors (Lipinski definition) is 0. The summed E-state index contributed by atoms with van der Waals surface area (Å²) >= 11 is 0.911. The smallest absolute Gasteiger partial charge is 0.293 e. The Morgan fingerprint density at radius 1 is 1.16 bits per heavy atom. The molecule has 1 aromatic carbocycles. The molecule has 1 aliphatic heterocycles. The van der Waals surface area contributed by atoms with Crippen LogP contribution in [0.3, 0.4) is 0 Å². The Morgan fingerprint density at radius 2 is 1.84 bits per heavy atom. The van der Waals surface area contributed by atoms with E-state index in [0.717, 1.165) is 22.2 Å². The van der Waals surface area contributed by atoms with Crippen LogP contribution in [0.1, 0.15) is 25.8 Å². The zero-order valence-corrected chi connectivity index (χ0v) is 15.3. The minimum absolute atomic E-state index is 0.0444. The Kier molecular flexibility index (Phi) is 7.01. The fourth-order valence-electron chi connectivity index (χ4n) is 2.46. The lowest BCUT2D eigenvalue weighted by molar-refractivity contribution is -0.131. The van der Waals surface area contributed by atoms with Gasteiger partial charge in [-0.1, -0.05) is 42.5 Å². The van der Waals surface area contributed by atoms with Crippen LogP contribution < -0.4 is 0 Å². The first kappa shape index (κ1) is 19.0. The first-order valence-corrected chi connectivity index (χ1v) is 9.13. The number of thioether (sulfide) groups is 1. The number of allylic oxidation sites excluding steroid dienone is 2. The van der Waals surface area contributed by atoms with Crippen molar-refractivity contribution in [2.75, 3.05) is 19.6 Å². The Labute approximate surface area is 152 Å². The van der Waals surface area contributed by atoms with Gasteiger partial charge >= 0.3 is 0 Å². The van der Waals surface area contributed by atoms with Crippen molar-refractivity contribution in [2.45, 2.75) is 20.3 Å². The van der Waals surface area contributed by atoms with Gasteiger partial charge in [0.25, 0.3) is 11.1 Å². The lowest BCUT2D eigenvalue weighted by Crippen LogP contribution is -2.36. The number of carbonyl (C=O) groups is 3. The number of nitrogens with zero attached hydrogens (tertiary/aromatic N) is 2. The minimum atomic E-state index is -0.333. The molecule has 0 saturated carbocycles. The van der Waals surface area contributed by atoms with E-state index in [2.05, 4.69) is 0 Å². The standard InChI is InChI=1S/C19H22N2O3S/c1-3-20(4-2)17(22)13-14-21-18(23)16(25-19(21)24)12-8-11-15-9-6-5-7-10-15/h5-12H,3-4,13-14H2,1-2H3/b11-8+,16-12-. The molecule has 1 heterocycles. The maximum absolute atomic E-state index is 12.3. The molecule has 6 heteroatoms. The molecular formula is C19H22N2O3S. The molecule has 1 fully saturated rings. The molecule has 132 valence electrons. The number of rotatable bonds is 7. The molecule has 2 rings (SSSR count). The molecule has 5 nitrogen and oxygen atoms in total. The minimum Gasteiger partial charge on any atom is -0.343 e. The largest absolute Gasteiger partial charge is 0.343 e. The van der Waals surface area contributed by atoms with Gasteiger partial charge in [-0.25, -0.2) is 0 Å². The Bertz CT molecular complexity index is 694. The zero-order valence-electron chi connectivity index (χ0n) is 14.5. The van der Waals surface area contributed by atoms with Crippen LogP contribution in [0.5, 0.6) is 0 Å². The summed E-state index contributed by atoms with van der Waals surface area (Å²) in [4.78, 5) is 39.6. The van der Waals surface area contributed by atoms with E-state index in [1.807, 2.05) is 50.3 Å². The SMILES string of the molecule is CCN(CC)C(=O)CCN1C(=O)S/C(=C\C=C\c2ccccc2)C1=O. The average molecular weight is 358 g/mol. The van der Waals surface area contributed by atoms with Crippen molar-refractivity contribution in [1.82, 2.24) is 9.80 Å². The Morgan fingerprint density at radius 3 is 2.48 bits per heavy atom. The summed E-state index contributed by atoms with van der Waals surface area (Å²) in [6.07, 6.45) is 5.43. The van der Waals surface area contributed by atoms with Gasteiger partial charge in [-0.15, -0.1) is 0 Å². The topological polar surface area (TPSA) is 57.7 Å². The molecule has 0 atom stereocenters. The number of hydrogen-bond acceptors (Lipinski definition) is 4. The highest BCUT2D eigenvalue weighted by Crippen LogP contribution is 2.30. The molecule has 0 radical (unpaired) electrons. The molecule has 0 aromatic heterocycles. The second kappa shape index (κ2) is 9.22. The monoisotopic (exact) mass is 358 g/mol. The van der Waals surface area contributed by atoms with Crippen molar-refractivity contribution in [3.63, 3.8) is 0 Å². The Balaban J connectivity index is 1.96.